The summed E-state index contributed by atoms with van der Waals surface area (Å²) in [6.07, 6.45) is 4.48. The molecule has 1 amide bonds. The molecule has 124 valence electrons. The van der Waals surface area contributed by atoms with Gasteiger partial charge in [0.2, 0.25) is 0 Å². The molecule has 1 saturated heterocycles. The van der Waals surface area contributed by atoms with Crippen LogP contribution in [0.3, 0.4) is 0 Å². The van der Waals surface area contributed by atoms with Crippen LogP contribution in [-0.2, 0) is 0 Å². The van der Waals surface area contributed by atoms with Crippen molar-refractivity contribution in [2.75, 3.05) is 6.54 Å². The highest BCUT2D eigenvalue weighted by molar-refractivity contribution is 5.95. The summed E-state index contributed by atoms with van der Waals surface area (Å²) in [5, 5.41) is 21.0. The molecule has 0 bridgehead atoms. The lowest BCUT2D eigenvalue weighted by molar-refractivity contribution is 0.0938. The highest BCUT2D eigenvalue weighted by Crippen LogP contribution is 2.20. The molecule has 1 aliphatic rings. The van der Waals surface area contributed by atoms with Gasteiger partial charge in [0.25, 0.3) is 5.91 Å². The maximum atomic E-state index is 12.5. The van der Waals surface area contributed by atoms with Gasteiger partial charge >= 0.3 is 0 Å². The van der Waals surface area contributed by atoms with E-state index >= 15 is 0 Å². The van der Waals surface area contributed by atoms with Gasteiger partial charge in [-0.25, -0.2) is 0 Å². The van der Waals surface area contributed by atoms with Gasteiger partial charge in [0.05, 0.1) is 17.3 Å². The quantitative estimate of drug-likeness (QED) is 0.871. The van der Waals surface area contributed by atoms with Gasteiger partial charge in [0.15, 0.2) is 6.19 Å². The van der Waals surface area contributed by atoms with Crippen LogP contribution in [-0.4, -0.2) is 34.4 Å². The van der Waals surface area contributed by atoms with E-state index in [-0.39, 0.29) is 18.0 Å². The lowest BCUT2D eigenvalue weighted by Gasteiger charge is -2.13. The molecule has 0 aliphatic carbocycles. The predicted molar refractivity (Wildman–Crippen MR) is 92.0 cm³/mol. The molecule has 1 N–H and O–H groups in total. The number of amides is 1. The molecule has 0 radical (unpaired) electrons. The fourth-order valence-corrected chi connectivity index (χ4v) is 3.02. The van der Waals surface area contributed by atoms with E-state index < -0.39 is 0 Å². The number of benzene rings is 1. The van der Waals surface area contributed by atoms with E-state index in [4.69, 9.17) is 10.5 Å². The molecule has 6 nitrogen and oxygen atoms in total. The fraction of sp³-hybridized carbons (Fsp3) is 0.263. The monoisotopic (exact) mass is 331 g/mol. The molecule has 2 aromatic rings. The van der Waals surface area contributed by atoms with Crippen LogP contribution in [0.25, 0.3) is 11.3 Å². The molecule has 0 unspecified atom stereocenters. The highest BCUT2D eigenvalue weighted by atomic mass is 16.1. The molecule has 2 atom stereocenters. The van der Waals surface area contributed by atoms with Crippen LogP contribution in [0.4, 0.5) is 0 Å². The number of rotatable bonds is 3. The van der Waals surface area contributed by atoms with Gasteiger partial charge in [-0.05, 0) is 37.6 Å². The van der Waals surface area contributed by atoms with Gasteiger partial charge in [-0.15, -0.1) is 0 Å². The lowest BCUT2D eigenvalue weighted by Crippen LogP contribution is -2.36. The molecule has 1 aliphatic heterocycles. The molecule has 0 spiro atoms. The van der Waals surface area contributed by atoms with E-state index in [1.165, 1.54) is 0 Å². The molecular weight excluding hydrogens is 314 g/mol. The highest BCUT2D eigenvalue weighted by Gasteiger charge is 2.29. The number of carbonyl (C=O) groups excluding carboxylic acids is 1. The van der Waals surface area contributed by atoms with Gasteiger partial charge in [-0.3, -0.25) is 9.78 Å². The number of pyridine rings is 1. The average Bonchev–Trinajstić information content (AvgIpc) is 3.01. The molecule has 1 aromatic heterocycles. The zero-order chi connectivity index (χ0) is 17.8. The van der Waals surface area contributed by atoms with Gasteiger partial charge < -0.3 is 10.2 Å². The Morgan fingerprint density at radius 2 is 2.16 bits per heavy atom. The van der Waals surface area contributed by atoms with Crippen LogP contribution >= 0.6 is 0 Å². The van der Waals surface area contributed by atoms with Crippen LogP contribution in [0.1, 0.15) is 29.3 Å². The van der Waals surface area contributed by atoms with E-state index in [0.717, 1.165) is 12.0 Å². The molecule has 6 heteroatoms. The Balaban J connectivity index is 1.76. The topological polar surface area (TPSA) is 92.8 Å². The minimum Gasteiger partial charge on any atom is -0.347 e. The van der Waals surface area contributed by atoms with Gasteiger partial charge in [-0.2, -0.15) is 10.5 Å². The second-order valence-corrected chi connectivity index (χ2v) is 6.13. The molecular formula is C19H17N5O. The number of nitrogens with one attached hydrogen (secondary N) is 1. The molecule has 25 heavy (non-hydrogen) atoms. The Hall–Kier alpha value is -3.38. The summed E-state index contributed by atoms with van der Waals surface area (Å²) in [7, 11) is 0. The SMILES string of the molecule is C[C@@H]1C[C@@H](NC(=O)c2ccnc(-c3cccc(C#N)c3)c2)CN1C#N. The van der Waals surface area contributed by atoms with E-state index in [2.05, 4.69) is 22.6 Å². The third-order valence-corrected chi connectivity index (χ3v) is 4.35. The van der Waals surface area contributed by atoms with Crippen molar-refractivity contribution in [3.8, 4) is 23.5 Å². The van der Waals surface area contributed by atoms with E-state index in [9.17, 15) is 4.79 Å². The summed E-state index contributed by atoms with van der Waals surface area (Å²) >= 11 is 0. The molecule has 0 saturated carbocycles. The van der Waals surface area contributed by atoms with E-state index in [0.29, 0.717) is 23.4 Å². The number of aromatic nitrogens is 1. The van der Waals surface area contributed by atoms with Crippen LogP contribution in [0, 0.1) is 22.8 Å². The summed E-state index contributed by atoms with van der Waals surface area (Å²) < 4.78 is 0. The first-order valence-electron chi connectivity index (χ1n) is 8.04. The van der Waals surface area contributed by atoms with Crippen molar-refractivity contribution in [1.82, 2.24) is 15.2 Å². The Bertz CT molecular complexity index is 880. The largest absolute Gasteiger partial charge is 0.347 e. The van der Waals surface area contributed by atoms with Crippen molar-refractivity contribution < 1.29 is 4.79 Å². The Morgan fingerprint density at radius 3 is 2.88 bits per heavy atom. The summed E-state index contributed by atoms with van der Waals surface area (Å²) in [6.45, 7) is 2.51. The number of nitriles is 2. The minimum absolute atomic E-state index is 0.0410. The van der Waals surface area contributed by atoms with Crippen molar-refractivity contribution in [2.24, 2.45) is 0 Å². The Morgan fingerprint density at radius 1 is 1.32 bits per heavy atom. The van der Waals surface area contributed by atoms with Gasteiger partial charge in [0, 0.05) is 36.0 Å². The maximum Gasteiger partial charge on any atom is 0.251 e. The second kappa shape index (κ2) is 7.02. The zero-order valence-electron chi connectivity index (χ0n) is 13.8. The molecule has 2 heterocycles. The first-order chi connectivity index (χ1) is 12.1. The third kappa shape index (κ3) is 3.59. The number of hydrogen-bond acceptors (Lipinski definition) is 5. The van der Waals surface area contributed by atoms with Crippen LogP contribution in [0.5, 0.6) is 0 Å². The number of carbonyl (C=O) groups is 1. The maximum absolute atomic E-state index is 12.5. The smallest absolute Gasteiger partial charge is 0.251 e. The van der Waals surface area contributed by atoms with Crippen LogP contribution in [0.15, 0.2) is 42.6 Å². The van der Waals surface area contributed by atoms with Gasteiger partial charge in [-0.1, -0.05) is 12.1 Å². The second-order valence-electron chi connectivity index (χ2n) is 6.13. The fourth-order valence-electron chi connectivity index (χ4n) is 3.02. The van der Waals surface area contributed by atoms with Crippen molar-refractivity contribution >= 4 is 5.91 Å². The number of likely N-dealkylation sites (tertiary alicyclic amines) is 1. The van der Waals surface area contributed by atoms with Crippen molar-refractivity contribution in [1.29, 1.82) is 10.5 Å². The minimum atomic E-state index is -0.183. The average molecular weight is 331 g/mol. The molecule has 3 rings (SSSR count). The van der Waals surface area contributed by atoms with Crippen LogP contribution in [0.2, 0.25) is 0 Å². The summed E-state index contributed by atoms with van der Waals surface area (Å²) in [4.78, 5) is 18.5. The van der Waals surface area contributed by atoms with Gasteiger partial charge in [0.1, 0.15) is 0 Å². The van der Waals surface area contributed by atoms with Crippen molar-refractivity contribution in [3.63, 3.8) is 0 Å². The molecule has 1 aromatic carbocycles. The van der Waals surface area contributed by atoms with Crippen molar-refractivity contribution in [2.45, 2.75) is 25.4 Å². The van der Waals surface area contributed by atoms with E-state index in [1.807, 2.05) is 13.0 Å². The third-order valence-electron chi connectivity index (χ3n) is 4.35. The predicted octanol–water partition coefficient (Wildman–Crippen LogP) is 2.29. The first kappa shape index (κ1) is 16.5. The summed E-state index contributed by atoms with van der Waals surface area (Å²) in [5.41, 5.74) is 2.49. The number of hydrogen-bond donors (Lipinski definition) is 1. The summed E-state index contributed by atoms with van der Waals surface area (Å²) in [5.74, 6) is -0.183. The Kier molecular flexibility index (Phi) is 4.63. The number of nitrogens with zero attached hydrogens (tertiary/aromatic N) is 4. The molecule has 1 fully saturated rings. The van der Waals surface area contributed by atoms with Crippen molar-refractivity contribution in [3.05, 3.63) is 53.7 Å². The summed E-state index contributed by atoms with van der Waals surface area (Å²) in [6, 6.07) is 12.7. The lowest BCUT2D eigenvalue weighted by atomic mass is 10.1. The van der Waals surface area contributed by atoms with Crippen LogP contribution < -0.4 is 5.32 Å². The van der Waals surface area contributed by atoms with E-state index in [1.54, 1.807) is 41.4 Å². The first-order valence-corrected chi connectivity index (χ1v) is 8.04. The normalized spacial score (nSPS) is 19.1. The standard InChI is InChI=1S/C19H17N5O/c1-13-7-17(11-24(13)12-21)23-19(25)16-5-6-22-18(9-16)15-4-2-3-14(8-15)10-20/h2-6,8-9,13,17H,7,11H2,1H3,(H,23,25)/t13-,17-/m1/s1. The zero-order valence-corrected chi connectivity index (χ0v) is 13.8. The Labute approximate surface area is 146 Å².